The number of rotatable bonds is 1. The lowest BCUT2D eigenvalue weighted by molar-refractivity contribution is 0.199. The molecule has 1 heterocycles. The van der Waals surface area contributed by atoms with Gasteiger partial charge < -0.3 is 5.11 Å². The number of nitrogens with zero attached hydrogens (tertiary/aromatic N) is 1. The molecule has 1 aromatic heterocycles. The molecule has 0 aliphatic rings. The van der Waals surface area contributed by atoms with Gasteiger partial charge in [0.05, 0.1) is 15.6 Å². The van der Waals surface area contributed by atoms with Gasteiger partial charge in [0.2, 0.25) is 0 Å². The van der Waals surface area contributed by atoms with Crippen LogP contribution in [-0.2, 0) is 0 Å². The summed E-state index contributed by atoms with van der Waals surface area (Å²) < 4.78 is 0.706. The Morgan fingerprint density at radius 1 is 1.64 bits per heavy atom. The number of aliphatic hydroxyl groups is 1. The molecule has 4 heteroatoms. The van der Waals surface area contributed by atoms with Crippen molar-refractivity contribution in [1.29, 1.82) is 0 Å². The van der Waals surface area contributed by atoms with Gasteiger partial charge >= 0.3 is 0 Å². The van der Waals surface area contributed by atoms with Gasteiger partial charge in [-0.05, 0) is 22.9 Å². The highest BCUT2D eigenvalue weighted by Gasteiger charge is 2.08. The molecule has 0 amide bonds. The number of pyridine rings is 1. The highest BCUT2D eigenvalue weighted by atomic mass is 79.9. The average molecular weight is 236 g/mol. The zero-order valence-corrected chi connectivity index (χ0v) is 8.22. The molecule has 2 nitrogen and oxygen atoms in total. The third-order valence-electron chi connectivity index (χ3n) is 1.31. The SMILES string of the molecule is CC(O)c1cncc(Br)c1Cl. The largest absolute Gasteiger partial charge is 0.389 e. The minimum atomic E-state index is -0.576. The number of halogens is 2. The van der Waals surface area contributed by atoms with Crippen LogP contribution in [0.4, 0.5) is 0 Å². The van der Waals surface area contributed by atoms with E-state index in [1.54, 1.807) is 19.3 Å². The number of aromatic nitrogens is 1. The van der Waals surface area contributed by atoms with E-state index < -0.39 is 6.10 Å². The van der Waals surface area contributed by atoms with Crippen LogP contribution in [0.15, 0.2) is 16.9 Å². The van der Waals surface area contributed by atoms with Crippen LogP contribution in [0.2, 0.25) is 5.02 Å². The van der Waals surface area contributed by atoms with Crippen molar-refractivity contribution in [1.82, 2.24) is 4.98 Å². The lowest BCUT2D eigenvalue weighted by Crippen LogP contribution is -1.93. The summed E-state index contributed by atoms with van der Waals surface area (Å²) in [7, 11) is 0. The van der Waals surface area contributed by atoms with Crippen LogP contribution in [-0.4, -0.2) is 10.1 Å². The predicted octanol–water partition coefficient (Wildman–Crippen LogP) is 2.55. The van der Waals surface area contributed by atoms with Gasteiger partial charge in [0, 0.05) is 18.0 Å². The molecule has 0 bridgehead atoms. The average Bonchev–Trinajstić information content (AvgIpc) is 1.94. The van der Waals surface area contributed by atoms with E-state index in [-0.39, 0.29) is 0 Å². The lowest BCUT2D eigenvalue weighted by atomic mass is 10.2. The molecule has 1 unspecified atom stereocenters. The second-order valence-corrected chi connectivity index (χ2v) is 3.43. The Kier molecular flexibility index (Phi) is 2.87. The first kappa shape index (κ1) is 8.97. The molecular weight excluding hydrogens is 229 g/mol. The smallest absolute Gasteiger partial charge is 0.0791 e. The van der Waals surface area contributed by atoms with Crippen molar-refractivity contribution in [3.63, 3.8) is 0 Å². The van der Waals surface area contributed by atoms with Crippen molar-refractivity contribution >= 4 is 27.5 Å². The standard InChI is InChI=1S/C7H7BrClNO/c1-4(11)5-2-10-3-6(8)7(5)9/h2-4,11H,1H3. The minimum Gasteiger partial charge on any atom is -0.389 e. The molecular formula is C7H7BrClNO. The van der Waals surface area contributed by atoms with E-state index in [1.807, 2.05) is 0 Å². The molecule has 0 spiro atoms. The maximum Gasteiger partial charge on any atom is 0.0791 e. The molecule has 0 aliphatic carbocycles. The first-order chi connectivity index (χ1) is 5.13. The van der Waals surface area contributed by atoms with Crippen molar-refractivity contribution in [2.45, 2.75) is 13.0 Å². The fraction of sp³-hybridized carbons (Fsp3) is 0.286. The van der Waals surface area contributed by atoms with Crippen LogP contribution in [0.1, 0.15) is 18.6 Å². The molecule has 0 saturated heterocycles. The van der Waals surface area contributed by atoms with Crippen molar-refractivity contribution in [3.05, 3.63) is 27.5 Å². The Labute approximate surface area is 78.3 Å². The quantitative estimate of drug-likeness (QED) is 0.813. The highest BCUT2D eigenvalue weighted by molar-refractivity contribution is 9.10. The zero-order chi connectivity index (χ0) is 8.43. The van der Waals surface area contributed by atoms with Crippen molar-refractivity contribution in [2.75, 3.05) is 0 Å². The molecule has 0 radical (unpaired) electrons. The molecule has 0 fully saturated rings. The van der Waals surface area contributed by atoms with Gasteiger partial charge in [0.25, 0.3) is 0 Å². The van der Waals surface area contributed by atoms with Gasteiger partial charge in [-0.1, -0.05) is 11.6 Å². The Morgan fingerprint density at radius 3 is 2.73 bits per heavy atom. The number of aliphatic hydroxyl groups excluding tert-OH is 1. The van der Waals surface area contributed by atoms with Gasteiger partial charge in [-0.25, -0.2) is 0 Å². The van der Waals surface area contributed by atoms with Gasteiger partial charge in [-0.15, -0.1) is 0 Å². The van der Waals surface area contributed by atoms with Crippen molar-refractivity contribution < 1.29 is 5.11 Å². The van der Waals surface area contributed by atoms with E-state index in [2.05, 4.69) is 20.9 Å². The van der Waals surface area contributed by atoms with Crippen molar-refractivity contribution in [2.24, 2.45) is 0 Å². The second kappa shape index (κ2) is 3.52. The zero-order valence-electron chi connectivity index (χ0n) is 5.88. The van der Waals surface area contributed by atoms with Crippen molar-refractivity contribution in [3.8, 4) is 0 Å². The van der Waals surface area contributed by atoms with Gasteiger partial charge in [0.15, 0.2) is 0 Å². The summed E-state index contributed by atoms with van der Waals surface area (Å²) in [6.07, 6.45) is 2.57. The third kappa shape index (κ3) is 1.92. The Morgan fingerprint density at radius 2 is 2.27 bits per heavy atom. The summed E-state index contributed by atoms with van der Waals surface area (Å²) in [5.74, 6) is 0. The van der Waals surface area contributed by atoms with E-state index >= 15 is 0 Å². The van der Waals surface area contributed by atoms with Gasteiger partial charge in [-0.3, -0.25) is 4.98 Å². The predicted molar refractivity (Wildman–Crippen MR) is 47.6 cm³/mol. The Hall–Kier alpha value is -0.120. The summed E-state index contributed by atoms with van der Waals surface area (Å²) in [5.41, 5.74) is 0.640. The highest BCUT2D eigenvalue weighted by Crippen LogP contribution is 2.28. The van der Waals surface area contributed by atoms with Gasteiger partial charge in [0.1, 0.15) is 0 Å². The monoisotopic (exact) mass is 235 g/mol. The topological polar surface area (TPSA) is 33.1 Å². The maximum atomic E-state index is 9.18. The molecule has 60 valence electrons. The number of hydrogen-bond acceptors (Lipinski definition) is 2. The van der Waals surface area contributed by atoms with E-state index in [4.69, 9.17) is 11.6 Å². The molecule has 0 aliphatic heterocycles. The normalized spacial score (nSPS) is 13.1. The fourth-order valence-electron chi connectivity index (χ4n) is 0.726. The van der Waals surface area contributed by atoms with Crippen LogP contribution in [0.5, 0.6) is 0 Å². The van der Waals surface area contributed by atoms with E-state index in [9.17, 15) is 5.11 Å². The lowest BCUT2D eigenvalue weighted by Gasteiger charge is -2.06. The molecule has 0 aromatic carbocycles. The van der Waals surface area contributed by atoms with Crippen LogP contribution in [0.3, 0.4) is 0 Å². The first-order valence-electron chi connectivity index (χ1n) is 3.10. The Balaban J connectivity index is 3.17. The van der Waals surface area contributed by atoms with E-state index in [0.29, 0.717) is 15.1 Å². The molecule has 1 rings (SSSR count). The van der Waals surface area contributed by atoms with Crippen LogP contribution in [0, 0.1) is 0 Å². The third-order valence-corrected chi connectivity index (χ3v) is 2.57. The van der Waals surface area contributed by atoms with Crippen LogP contribution < -0.4 is 0 Å². The summed E-state index contributed by atoms with van der Waals surface area (Å²) in [5, 5.41) is 9.71. The van der Waals surface area contributed by atoms with E-state index in [0.717, 1.165) is 0 Å². The summed E-state index contributed by atoms with van der Waals surface area (Å²) >= 11 is 9.05. The minimum absolute atomic E-state index is 0.523. The van der Waals surface area contributed by atoms with Crippen LogP contribution >= 0.6 is 27.5 Å². The summed E-state index contributed by atoms with van der Waals surface area (Å²) in [4.78, 5) is 3.87. The second-order valence-electron chi connectivity index (χ2n) is 2.20. The molecule has 0 saturated carbocycles. The maximum absolute atomic E-state index is 9.18. The Bertz CT molecular complexity index is 265. The number of hydrogen-bond donors (Lipinski definition) is 1. The first-order valence-corrected chi connectivity index (χ1v) is 4.27. The van der Waals surface area contributed by atoms with E-state index in [1.165, 1.54) is 0 Å². The summed E-state index contributed by atoms with van der Waals surface area (Å²) in [6.45, 7) is 1.65. The molecule has 1 aromatic rings. The summed E-state index contributed by atoms with van der Waals surface area (Å²) in [6, 6.07) is 0. The molecule has 1 atom stereocenters. The van der Waals surface area contributed by atoms with Crippen LogP contribution in [0.25, 0.3) is 0 Å². The van der Waals surface area contributed by atoms with Gasteiger partial charge in [-0.2, -0.15) is 0 Å². The molecule has 1 N–H and O–H groups in total. The molecule has 11 heavy (non-hydrogen) atoms. The fourth-order valence-corrected chi connectivity index (χ4v) is 1.33.